The van der Waals surface area contributed by atoms with Gasteiger partial charge in [0.2, 0.25) is 0 Å². The Kier molecular flexibility index (Phi) is 7.07. The number of likely N-dealkylation sites (N-methyl/N-ethyl adjacent to an activating group) is 2. The maximum absolute atomic E-state index is 12.1. The van der Waals surface area contributed by atoms with Crippen molar-refractivity contribution in [2.75, 3.05) is 57.7 Å². The maximum atomic E-state index is 12.1. The minimum absolute atomic E-state index is 0.139. The Morgan fingerprint density at radius 3 is 2.62 bits per heavy atom. The van der Waals surface area contributed by atoms with Crippen LogP contribution in [-0.2, 0) is 0 Å². The number of nitrogens with one attached hydrogen (secondary N) is 1. The fraction of sp³-hybridized carbons (Fsp3) is 0.500. The van der Waals surface area contributed by atoms with E-state index in [0.717, 1.165) is 23.0 Å². The number of amides is 1. The fourth-order valence-corrected chi connectivity index (χ4v) is 3.84. The number of thioether (sulfide) groups is 1. The highest BCUT2D eigenvalue weighted by molar-refractivity contribution is 7.99. The van der Waals surface area contributed by atoms with Crippen molar-refractivity contribution < 1.29 is 4.79 Å². The maximum Gasteiger partial charge on any atom is 0.263 e. The molecule has 0 unspecified atom stereocenters. The molecule has 0 fully saturated rings. The molecule has 3 N–H and O–H groups in total. The quantitative estimate of drug-likeness (QED) is 0.564. The number of carbonyl (C=O) groups is 1. The van der Waals surface area contributed by atoms with Gasteiger partial charge in [0.1, 0.15) is 9.88 Å². The van der Waals surface area contributed by atoms with Crippen molar-refractivity contribution in [3.63, 3.8) is 0 Å². The molecular weight excluding hydrogens is 304 g/mol. The molecule has 0 aromatic carbocycles. The zero-order valence-corrected chi connectivity index (χ0v) is 14.7. The molecule has 1 aromatic rings. The summed E-state index contributed by atoms with van der Waals surface area (Å²) >= 11 is 3.02. The van der Waals surface area contributed by atoms with Gasteiger partial charge in [0.15, 0.2) is 0 Å². The molecule has 1 rings (SSSR count). The number of rotatable bonds is 8. The Morgan fingerprint density at radius 1 is 1.43 bits per heavy atom. The van der Waals surface area contributed by atoms with Crippen molar-refractivity contribution >= 4 is 39.7 Å². The first kappa shape index (κ1) is 17.9. The number of hydrogen-bond donors (Lipinski definition) is 2. The van der Waals surface area contributed by atoms with Crippen LogP contribution in [0.1, 0.15) is 9.67 Å². The highest BCUT2D eigenvalue weighted by Crippen LogP contribution is 2.43. The van der Waals surface area contributed by atoms with Crippen LogP contribution in [0.15, 0.2) is 17.6 Å². The van der Waals surface area contributed by atoms with Gasteiger partial charge in [-0.05, 0) is 20.4 Å². The number of thiophene rings is 1. The summed E-state index contributed by atoms with van der Waals surface area (Å²) in [5.74, 6) is -0.139. The van der Waals surface area contributed by atoms with E-state index in [9.17, 15) is 4.79 Å². The third-order valence-corrected chi connectivity index (χ3v) is 5.20. The lowest BCUT2D eigenvalue weighted by molar-refractivity contribution is 0.0963. The van der Waals surface area contributed by atoms with Crippen molar-refractivity contribution in [2.45, 2.75) is 4.90 Å². The van der Waals surface area contributed by atoms with Gasteiger partial charge in [0.05, 0.1) is 10.6 Å². The van der Waals surface area contributed by atoms with Gasteiger partial charge < -0.3 is 20.9 Å². The number of nitrogen functional groups attached to an aromatic ring is 1. The smallest absolute Gasteiger partial charge is 0.263 e. The summed E-state index contributed by atoms with van der Waals surface area (Å²) in [7, 11) is 6.11. The number of nitrogens with two attached hydrogens (primary N) is 1. The van der Waals surface area contributed by atoms with E-state index in [0.29, 0.717) is 17.1 Å². The number of carbonyl (C=O) groups excluding carboxylic acids is 1. The molecule has 0 saturated heterocycles. The van der Waals surface area contributed by atoms with Crippen LogP contribution < -0.4 is 16.0 Å². The Hall–Kier alpha value is -1.18. The molecular formula is C14H24N4OS2. The Labute approximate surface area is 135 Å². The van der Waals surface area contributed by atoms with E-state index in [4.69, 9.17) is 5.73 Å². The Balaban J connectivity index is 2.99. The van der Waals surface area contributed by atoms with Crippen LogP contribution in [0.2, 0.25) is 0 Å². The van der Waals surface area contributed by atoms with Crippen LogP contribution in [0.3, 0.4) is 0 Å². The summed E-state index contributed by atoms with van der Waals surface area (Å²) in [5, 5.41) is 3.83. The van der Waals surface area contributed by atoms with E-state index in [1.807, 2.05) is 27.4 Å². The fourth-order valence-electron chi connectivity index (χ4n) is 1.73. The van der Waals surface area contributed by atoms with E-state index in [2.05, 4.69) is 21.7 Å². The minimum Gasteiger partial charge on any atom is -0.396 e. The van der Waals surface area contributed by atoms with E-state index < -0.39 is 0 Å². The zero-order valence-electron chi connectivity index (χ0n) is 13.1. The molecule has 0 atom stereocenters. The first-order valence-electron chi connectivity index (χ1n) is 6.63. The second-order valence-corrected chi connectivity index (χ2v) is 6.72. The largest absolute Gasteiger partial charge is 0.396 e. The number of hydrogen-bond acceptors (Lipinski definition) is 6. The summed E-state index contributed by atoms with van der Waals surface area (Å²) in [5.41, 5.74) is 6.72. The third-order valence-electron chi connectivity index (χ3n) is 2.93. The zero-order chi connectivity index (χ0) is 16.0. The lowest BCUT2D eigenvalue weighted by Gasteiger charge is -2.21. The highest BCUT2D eigenvalue weighted by Gasteiger charge is 2.22. The molecule has 118 valence electrons. The molecule has 0 saturated carbocycles. The molecule has 7 heteroatoms. The third kappa shape index (κ3) is 4.66. The molecule has 0 aliphatic carbocycles. The minimum atomic E-state index is -0.139. The summed E-state index contributed by atoms with van der Waals surface area (Å²) in [6.07, 6.45) is 3.63. The van der Waals surface area contributed by atoms with Gasteiger partial charge in [0.25, 0.3) is 5.91 Å². The van der Waals surface area contributed by atoms with Crippen molar-refractivity contribution in [3.05, 3.63) is 17.5 Å². The van der Waals surface area contributed by atoms with Crippen molar-refractivity contribution in [1.29, 1.82) is 0 Å². The summed E-state index contributed by atoms with van der Waals surface area (Å²) < 4.78 is 0. The second-order valence-electron chi connectivity index (χ2n) is 4.91. The summed E-state index contributed by atoms with van der Waals surface area (Å²) in [6.45, 7) is 5.87. The van der Waals surface area contributed by atoms with Gasteiger partial charge >= 0.3 is 0 Å². The van der Waals surface area contributed by atoms with E-state index in [1.165, 1.54) is 11.3 Å². The molecule has 1 amide bonds. The molecule has 21 heavy (non-hydrogen) atoms. The predicted molar refractivity (Wildman–Crippen MR) is 94.9 cm³/mol. The molecule has 1 heterocycles. The molecule has 0 radical (unpaired) electrons. The van der Waals surface area contributed by atoms with Crippen LogP contribution in [-0.4, -0.2) is 57.8 Å². The highest BCUT2D eigenvalue weighted by atomic mass is 32.2. The van der Waals surface area contributed by atoms with Gasteiger partial charge in [-0.15, -0.1) is 29.7 Å². The standard InChI is InChI=1S/C14H24N4OS2/c1-6-7-16-13(19)11-10(15)12(20-5)14(21-11)18(4)9-8-17(2)3/h6H,1,7-9,15H2,2-5H3,(H,16,19). The SMILES string of the molecule is C=CCNC(=O)c1sc(N(C)CCN(C)C)c(SC)c1N. The van der Waals surface area contributed by atoms with Crippen molar-refractivity contribution in [3.8, 4) is 0 Å². The summed E-state index contributed by atoms with van der Waals surface area (Å²) in [4.78, 5) is 18.0. The molecule has 0 bridgehead atoms. The molecule has 0 spiro atoms. The van der Waals surface area contributed by atoms with Gasteiger partial charge in [-0.2, -0.15) is 0 Å². The van der Waals surface area contributed by atoms with Crippen LogP contribution in [0, 0.1) is 0 Å². The monoisotopic (exact) mass is 328 g/mol. The predicted octanol–water partition coefficient (Wildman–Crippen LogP) is 1.97. The van der Waals surface area contributed by atoms with E-state index >= 15 is 0 Å². The number of nitrogens with zero attached hydrogens (tertiary/aromatic N) is 2. The molecule has 1 aromatic heterocycles. The first-order chi connectivity index (χ1) is 9.92. The lowest BCUT2D eigenvalue weighted by atomic mass is 10.3. The Bertz CT molecular complexity index is 499. The number of anilines is 2. The van der Waals surface area contributed by atoms with E-state index in [1.54, 1.807) is 17.8 Å². The molecule has 5 nitrogen and oxygen atoms in total. The van der Waals surface area contributed by atoms with Crippen LogP contribution in [0.5, 0.6) is 0 Å². The van der Waals surface area contributed by atoms with Crippen molar-refractivity contribution in [1.82, 2.24) is 10.2 Å². The van der Waals surface area contributed by atoms with E-state index in [-0.39, 0.29) is 5.91 Å². The average molecular weight is 329 g/mol. The topological polar surface area (TPSA) is 61.6 Å². The lowest BCUT2D eigenvalue weighted by Crippen LogP contribution is -2.28. The van der Waals surface area contributed by atoms with Crippen LogP contribution >= 0.6 is 23.1 Å². The van der Waals surface area contributed by atoms with Gasteiger partial charge in [-0.3, -0.25) is 4.79 Å². The van der Waals surface area contributed by atoms with Crippen LogP contribution in [0.25, 0.3) is 0 Å². The second kappa shape index (κ2) is 8.31. The van der Waals surface area contributed by atoms with Crippen molar-refractivity contribution in [2.24, 2.45) is 0 Å². The van der Waals surface area contributed by atoms with Gasteiger partial charge in [-0.25, -0.2) is 0 Å². The summed E-state index contributed by atoms with van der Waals surface area (Å²) in [6, 6.07) is 0. The molecule has 0 aliphatic heterocycles. The Morgan fingerprint density at radius 2 is 2.10 bits per heavy atom. The first-order valence-corrected chi connectivity index (χ1v) is 8.67. The van der Waals surface area contributed by atoms with Gasteiger partial charge in [0, 0.05) is 26.7 Å². The normalized spacial score (nSPS) is 10.7. The van der Waals surface area contributed by atoms with Crippen LogP contribution in [0.4, 0.5) is 10.7 Å². The molecule has 0 aliphatic rings. The van der Waals surface area contributed by atoms with Gasteiger partial charge in [-0.1, -0.05) is 6.08 Å². The average Bonchev–Trinajstić information content (AvgIpc) is 2.79.